The lowest BCUT2D eigenvalue weighted by Gasteiger charge is -2.17. The molecule has 1 aromatic carbocycles. The standard InChI is InChI=1S/C18H23BNO2/c1-13-18(2,3)16-9-4-5-10-17(16)20(13)12-14-7-6-8-15(11-14)19(21)22/h6-11,21-22H,4-5,12H2,1-3H3/q+1. The van der Waals surface area contributed by atoms with E-state index in [-0.39, 0.29) is 5.41 Å². The predicted molar refractivity (Wildman–Crippen MR) is 90.1 cm³/mol. The zero-order valence-corrected chi connectivity index (χ0v) is 13.5. The van der Waals surface area contributed by atoms with Gasteiger partial charge in [0.2, 0.25) is 5.70 Å². The van der Waals surface area contributed by atoms with Gasteiger partial charge in [0.1, 0.15) is 0 Å². The van der Waals surface area contributed by atoms with Crippen molar-refractivity contribution in [2.75, 3.05) is 0 Å². The van der Waals surface area contributed by atoms with Crippen molar-refractivity contribution in [2.45, 2.75) is 40.2 Å². The largest absolute Gasteiger partial charge is 0.488 e. The van der Waals surface area contributed by atoms with E-state index >= 15 is 0 Å². The van der Waals surface area contributed by atoms with Gasteiger partial charge in [-0.25, -0.2) is 0 Å². The summed E-state index contributed by atoms with van der Waals surface area (Å²) >= 11 is 0. The highest BCUT2D eigenvalue weighted by molar-refractivity contribution is 6.58. The molecule has 0 spiro atoms. The lowest BCUT2D eigenvalue weighted by Crippen LogP contribution is -2.30. The molecule has 1 aliphatic carbocycles. The van der Waals surface area contributed by atoms with Gasteiger partial charge < -0.3 is 10.0 Å². The zero-order valence-electron chi connectivity index (χ0n) is 13.5. The Morgan fingerprint density at radius 2 is 1.91 bits per heavy atom. The maximum atomic E-state index is 9.35. The Balaban J connectivity index is 1.98. The Morgan fingerprint density at radius 1 is 1.18 bits per heavy atom. The summed E-state index contributed by atoms with van der Waals surface area (Å²) < 4.78 is 2.37. The van der Waals surface area contributed by atoms with E-state index < -0.39 is 7.12 Å². The van der Waals surface area contributed by atoms with Crippen LogP contribution in [-0.4, -0.2) is 27.5 Å². The first-order chi connectivity index (χ1) is 10.4. The summed E-state index contributed by atoms with van der Waals surface area (Å²) in [6.07, 6.45) is 6.91. The first-order valence-electron chi connectivity index (χ1n) is 7.89. The Bertz CT molecular complexity index is 699. The summed E-state index contributed by atoms with van der Waals surface area (Å²) in [5.41, 5.74) is 5.80. The minimum atomic E-state index is -1.41. The van der Waals surface area contributed by atoms with Crippen molar-refractivity contribution in [1.29, 1.82) is 0 Å². The monoisotopic (exact) mass is 296 g/mol. The van der Waals surface area contributed by atoms with Crippen molar-refractivity contribution in [3.63, 3.8) is 0 Å². The third kappa shape index (κ3) is 2.47. The molecule has 2 N–H and O–H groups in total. The van der Waals surface area contributed by atoms with E-state index in [1.807, 2.05) is 18.2 Å². The third-order valence-electron chi connectivity index (χ3n) is 4.99. The maximum Gasteiger partial charge on any atom is 0.488 e. The number of nitrogens with zero attached hydrogens (tertiary/aromatic N) is 1. The van der Waals surface area contributed by atoms with E-state index in [0.717, 1.165) is 24.9 Å². The van der Waals surface area contributed by atoms with Gasteiger partial charge in [0.05, 0.1) is 5.41 Å². The average Bonchev–Trinajstić information content (AvgIpc) is 2.69. The van der Waals surface area contributed by atoms with Gasteiger partial charge in [0.15, 0.2) is 12.3 Å². The summed E-state index contributed by atoms with van der Waals surface area (Å²) in [4.78, 5) is 0. The van der Waals surface area contributed by atoms with Crippen LogP contribution in [0, 0.1) is 5.41 Å². The molecule has 2 aliphatic rings. The second kappa shape index (κ2) is 5.52. The molecule has 0 radical (unpaired) electrons. The van der Waals surface area contributed by atoms with Crippen molar-refractivity contribution in [2.24, 2.45) is 5.41 Å². The molecule has 0 fully saturated rings. The highest BCUT2D eigenvalue weighted by atomic mass is 16.4. The molecule has 0 unspecified atom stereocenters. The SMILES string of the molecule is CC1=[N+](Cc2cccc(B(O)O)c2)C2=CCCC=C2C1(C)C. The quantitative estimate of drug-likeness (QED) is 0.662. The molecule has 3 nitrogen and oxygen atoms in total. The number of rotatable bonds is 3. The van der Waals surface area contributed by atoms with E-state index in [1.165, 1.54) is 17.0 Å². The number of hydrogen-bond donors (Lipinski definition) is 2. The molecule has 0 saturated carbocycles. The van der Waals surface area contributed by atoms with Gasteiger partial charge in [0, 0.05) is 18.1 Å². The Hall–Kier alpha value is -1.65. The molecule has 22 heavy (non-hydrogen) atoms. The van der Waals surface area contributed by atoms with E-state index in [0.29, 0.717) is 5.46 Å². The molecule has 1 aliphatic heterocycles. The summed E-state index contributed by atoms with van der Waals surface area (Å²) in [5.74, 6) is 0. The molecule has 4 heteroatoms. The average molecular weight is 296 g/mol. The van der Waals surface area contributed by atoms with Crippen LogP contribution in [0.1, 0.15) is 39.2 Å². The highest BCUT2D eigenvalue weighted by Crippen LogP contribution is 2.42. The molecular formula is C18H23BNO2+. The first kappa shape index (κ1) is 15.3. The van der Waals surface area contributed by atoms with E-state index in [4.69, 9.17) is 0 Å². The Morgan fingerprint density at radius 3 is 2.64 bits per heavy atom. The molecule has 0 saturated heterocycles. The fraction of sp³-hybridized carbons (Fsp3) is 0.389. The van der Waals surface area contributed by atoms with Gasteiger partial charge in [-0.1, -0.05) is 30.3 Å². The third-order valence-corrected chi connectivity index (χ3v) is 4.99. The lowest BCUT2D eigenvalue weighted by atomic mass is 9.79. The summed E-state index contributed by atoms with van der Waals surface area (Å²) in [5, 5.41) is 18.7. The molecule has 0 atom stereocenters. The summed E-state index contributed by atoms with van der Waals surface area (Å²) in [7, 11) is -1.41. The van der Waals surface area contributed by atoms with E-state index in [2.05, 4.69) is 37.5 Å². The second-order valence-corrected chi connectivity index (χ2v) is 6.70. The zero-order chi connectivity index (χ0) is 15.9. The van der Waals surface area contributed by atoms with Crippen molar-refractivity contribution in [3.8, 4) is 0 Å². The van der Waals surface area contributed by atoms with Crippen molar-refractivity contribution in [1.82, 2.24) is 0 Å². The molecule has 1 aromatic rings. The second-order valence-electron chi connectivity index (χ2n) is 6.70. The van der Waals surface area contributed by atoms with Gasteiger partial charge in [-0.3, -0.25) is 0 Å². The number of fused-ring (bicyclic) bond motifs is 1. The van der Waals surface area contributed by atoms with Crippen molar-refractivity contribution in [3.05, 3.63) is 53.3 Å². The Labute approximate surface area is 132 Å². The van der Waals surface area contributed by atoms with Gasteiger partial charge >= 0.3 is 7.12 Å². The maximum absolute atomic E-state index is 9.35. The Kier molecular flexibility index (Phi) is 3.83. The minimum Gasteiger partial charge on any atom is -0.423 e. The summed E-state index contributed by atoms with van der Waals surface area (Å²) in [6, 6.07) is 7.53. The van der Waals surface area contributed by atoms with Crippen LogP contribution in [0.2, 0.25) is 0 Å². The van der Waals surface area contributed by atoms with E-state index in [9.17, 15) is 10.0 Å². The van der Waals surface area contributed by atoms with Crippen LogP contribution in [0.25, 0.3) is 0 Å². The molecule has 1 heterocycles. The minimum absolute atomic E-state index is 0.0698. The van der Waals surface area contributed by atoms with Gasteiger partial charge in [-0.15, -0.1) is 0 Å². The van der Waals surface area contributed by atoms with Crippen LogP contribution in [-0.2, 0) is 6.54 Å². The molecule has 0 bridgehead atoms. The van der Waals surface area contributed by atoms with Crippen LogP contribution in [0.4, 0.5) is 0 Å². The number of benzene rings is 1. The topological polar surface area (TPSA) is 43.5 Å². The fourth-order valence-electron chi connectivity index (χ4n) is 3.44. The van der Waals surface area contributed by atoms with Crippen LogP contribution in [0.15, 0.2) is 47.7 Å². The highest BCUT2D eigenvalue weighted by Gasteiger charge is 2.46. The number of hydrogen-bond acceptors (Lipinski definition) is 2. The first-order valence-corrected chi connectivity index (χ1v) is 7.89. The van der Waals surface area contributed by atoms with E-state index in [1.54, 1.807) is 6.07 Å². The summed E-state index contributed by atoms with van der Waals surface area (Å²) in [6.45, 7) is 7.52. The fourth-order valence-corrected chi connectivity index (χ4v) is 3.44. The molecule has 114 valence electrons. The molecule has 0 aromatic heterocycles. The normalized spacial score (nSPS) is 19.7. The van der Waals surface area contributed by atoms with Gasteiger partial charge in [-0.05, 0) is 38.2 Å². The van der Waals surface area contributed by atoms with Gasteiger partial charge in [-0.2, -0.15) is 4.58 Å². The predicted octanol–water partition coefficient (Wildman–Crippen LogP) is 1.98. The molecule has 0 amide bonds. The number of allylic oxidation sites excluding steroid dienone is 3. The molecule has 3 rings (SSSR count). The van der Waals surface area contributed by atoms with Crippen LogP contribution in [0.5, 0.6) is 0 Å². The van der Waals surface area contributed by atoms with Crippen LogP contribution < -0.4 is 5.46 Å². The van der Waals surface area contributed by atoms with Crippen molar-refractivity contribution < 1.29 is 14.6 Å². The van der Waals surface area contributed by atoms with Gasteiger partial charge in [0.25, 0.3) is 0 Å². The molecular weight excluding hydrogens is 273 g/mol. The smallest absolute Gasteiger partial charge is 0.423 e. The van der Waals surface area contributed by atoms with Crippen LogP contribution in [0.3, 0.4) is 0 Å². The lowest BCUT2D eigenvalue weighted by molar-refractivity contribution is -0.486. The van der Waals surface area contributed by atoms with Crippen LogP contribution >= 0.6 is 0 Å². The van der Waals surface area contributed by atoms with Crippen molar-refractivity contribution >= 4 is 18.3 Å².